The first-order valence-corrected chi connectivity index (χ1v) is 8.68. The third-order valence-electron chi connectivity index (χ3n) is 3.91. The number of halogens is 1. The summed E-state index contributed by atoms with van der Waals surface area (Å²) < 4.78 is 10.5. The fourth-order valence-electron chi connectivity index (χ4n) is 2.47. The van der Waals surface area contributed by atoms with Crippen molar-refractivity contribution in [2.75, 3.05) is 38.4 Å². The van der Waals surface area contributed by atoms with Crippen molar-refractivity contribution in [3.05, 3.63) is 48.0 Å². The van der Waals surface area contributed by atoms with Gasteiger partial charge >= 0.3 is 0 Å². The maximum atomic E-state index is 12.2. The first-order valence-electron chi connectivity index (χ1n) is 8.68. The van der Waals surface area contributed by atoms with Crippen LogP contribution in [0.1, 0.15) is 12.5 Å². The van der Waals surface area contributed by atoms with Crippen LogP contribution in [0.4, 0.5) is 11.4 Å². The monoisotopic (exact) mass is 498 g/mol. The van der Waals surface area contributed by atoms with Crippen LogP contribution in [0.2, 0.25) is 0 Å². The second-order valence-electron chi connectivity index (χ2n) is 5.72. The summed E-state index contributed by atoms with van der Waals surface area (Å²) in [7, 11) is 4.80. The molecule has 0 bridgehead atoms. The topological polar surface area (TPSA) is 84.0 Å². The number of rotatable bonds is 7. The normalized spacial score (nSPS) is 10.5. The van der Waals surface area contributed by atoms with Gasteiger partial charge in [0.25, 0.3) is 0 Å². The molecule has 0 aliphatic carbocycles. The second-order valence-corrected chi connectivity index (χ2v) is 5.72. The number of carbonyl (C=O) groups is 1. The maximum absolute atomic E-state index is 12.2. The number of anilines is 2. The molecule has 0 spiro atoms. The fourth-order valence-corrected chi connectivity index (χ4v) is 2.47. The summed E-state index contributed by atoms with van der Waals surface area (Å²) in [5, 5.41) is 8.98. The lowest BCUT2D eigenvalue weighted by atomic mass is 10.1. The number of benzene rings is 2. The number of guanidine groups is 1. The number of nitrogens with one attached hydrogen (secondary N) is 3. The molecule has 0 unspecified atom stereocenters. The van der Waals surface area contributed by atoms with E-state index in [-0.39, 0.29) is 36.4 Å². The summed E-state index contributed by atoms with van der Waals surface area (Å²) in [5.41, 5.74) is 2.72. The van der Waals surface area contributed by atoms with E-state index in [4.69, 9.17) is 9.47 Å². The van der Waals surface area contributed by atoms with Gasteiger partial charge in [-0.2, -0.15) is 0 Å². The van der Waals surface area contributed by atoms with E-state index in [0.717, 1.165) is 17.8 Å². The average molecular weight is 498 g/mol. The largest absolute Gasteiger partial charge is 0.493 e. The van der Waals surface area contributed by atoms with Crippen LogP contribution >= 0.6 is 24.0 Å². The van der Waals surface area contributed by atoms with E-state index in [1.807, 2.05) is 30.3 Å². The smallest absolute Gasteiger partial charge is 0.243 e. The minimum Gasteiger partial charge on any atom is -0.493 e. The molecule has 0 aromatic heterocycles. The number of carbonyl (C=O) groups excluding carboxylic acids is 1. The lowest BCUT2D eigenvalue weighted by Gasteiger charge is -2.14. The Morgan fingerprint density at radius 3 is 2.36 bits per heavy atom. The van der Waals surface area contributed by atoms with E-state index in [2.05, 4.69) is 27.9 Å². The molecule has 28 heavy (non-hydrogen) atoms. The second kappa shape index (κ2) is 12.1. The number of nitrogens with zero attached hydrogens (tertiary/aromatic N) is 1. The molecule has 152 valence electrons. The molecule has 0 saturated heterocycles. The van der Waals surface area contributed by atoms with Crippen molar-refractivity contribution in [1.29, 1.82) is 0 Å². The molecule has 0 fully saturated rings. The molecule has 0 saturated carbocycles. The van der Waals surface area contributed by atoms with Crippen molar-refractivity contribution in [3.8, 4) is 11.5 Å². The van der Waals surface area contributed by atoms with Crippen molar-refractivity contribution in [2.24, 2.45) is 4.99 Å². The summed E-state index contributed by atoms with van der Waals surface area (Å²) in [5.74, 6) is 1.56. The molecule has 2 rings (SSSR count). The first-order chi connectivity index (χ1) is 13.1. The number of aliphatic imine (C=N–C) groups is 1. The molecule has 0 radical (unpaired) electrons. The molecule has 2 aromatic rings. The van der Waals surface area contributed by atoms with Crippen LogP contribution in [-0.4, -0.2) is 39.7 Å². The maximum Gasteiger partial charge on any atom is 0.243 e. The minimum atomic E-state index is -0.154. The van der Waals surface area contributed by atoms with Crippen LogP contribution in [0.25, 0.3) is 0 Å². The lowest BCUT2D eigenvalue weighted by molar-refractivity contribution is -0.115. The average Bonchev–Trinajstić information content (AvgIpc) is 2.70. The van der Waals surface area contributed by atoms with Crippen LogP contribution in [0.5, 0.6) is 11.5 Å². The van der Waals surface area contributed by atoms with Crippen molar-refractivity contribution in [3.63, 3.8) is 0 Å². The molecule has 3 N–H and O–H groups in total. The molecule has 8 heteroatoms. The number of methoxy groups -OCH3 is 2. The highest BCUT2D eigenvalue weighted by atomic mass is 127. The Bertz CT molecular complexity index is 812. The zero-order valence-corrected chi connectivity index (χ0v) is 18.9. The van der Waals surface area contributed by atoms with E-state index in [1.165, 1.54) is 5.56 Å². The number of hydrogen-bond acceptors (Lipinski definition) is 4. The predicted molar refractivity (Wildman–Crippen MR) is 124 cm³/mol. The van der Waals surface area contributed by atoms with Crippen LogP contribution in [0.3, 0.4) is 0 Å². The molecule has 0 aliphatic heterocycles. The standard InChI is InChI=1S/C20H26N4O3.HI/c1-5-14-7-6-8-15(11-14)23-19(25)13-22-20(21-2)24-16-9-10-17(26-3)18(12-16)27-4;/h6-12H,5,13H2,1-4H3,(H,23,25)(H2,21,22,24);1H. The van der Waals surface area contributed by atoms with E-state index in [0.29, 0.717) is 17.5 Å². The summed E-state index contributed by atoms with van der Waals surface area (Å²) in [6, 6.07) is 13.2. The van der Waals surface area contributed by atoms with Gasteiger partial charge in [0.2, 0.25) is 5.91 Å². The molecule has 0 atom stereocenters. The SMILES string of the molecule is CCc1cccc(NC(=O)CNC(=NC)Nc2ccc(OC)c(OC)c2)c1.I. The van der Waals surface area contributed by atoms with Gasteiger partial charge in [0, 0.05) is 24.5 Å². The molecule has 0 aliphatic rings. The fraction of sp³-hybridized carbons (Fsp3) is 0.300. The van der Waals surface area contributed by atoms with Crippen LogP contribution in [0.15, 0.2) is 47.5 Å². The predicted octanol–water partition coefficient (Wildman–Crippen LogP) is 3.51. The van der Waals surface area contributed by atoms with Gasteiger partial charge in [-0.05, 0) is 36.2 Å². The number of ether oxygens (including phenoxy) is 2. The highest BCUT2D eigenvalue weighted by Gasteiger charge is 2.08. The van der Waals surface area contributed by atoms with E-state index < -0.39 is 0 Å². The van der Waals surface area contributed by atoms with E-state index in [1.54, 1.807) is 33.4 Å². The molecule has 2 aromatic carbocycles. The van der Waals surface area contributed by atoms with Gasteiger partial charge in [-0.1, -0.05) is 19.1 Å². The zero-order chi connectivity index (χ0) is 19.6. The Hall–Kier alpha value is -2.49. The van der Waals surface area contributed by atoms with Crippen molar-refractivity contribution >= 4 is 47.2 Å². The number of amides is 1. The Balaban J connectivity index is 0.00000392. The van der Waals surface area contributed by atoms with Gasteiger partial charge in [0.15, 0.2) is 17.5 Å². The molecular weight excluding hydrogens is 471 g/mol. The van der Waals surface area contributed by atoms with Crippen molar-refractivity contribution in [1.82, 2.24) is 5.32 Å². The van der Waals surface area contributed by atoms with Gasteiger partial charge in [0.05, 0.1) is 20.8 Å². The minimum absolute atomic E-state index is 0. The Labute approximate surface area is 182 Å². The molecule has 7 nitrogen and oxygen atoms in total. The Kier molecular flexibility index (Phi) is 10.1. The van der Waals surface area contributed by atoms with E-state index >= 15 is 0 Å². The van der Waals surface area contributed by atoms with Gasteiger partial charge in [-0.25, -0.2) is 0 Å². The van der Waals surface area contributed by atoms with Gasteiger partial charge in [0.1, 0.15) is 0 Å². The van der Waals surface area contributed by atoms with Gasteiger partial charge in [-0.15, -0.1) is 24.0 Å². The third kappa shape index (κ3) is 6.91. The summed E-state index contributed by atoms with van der Waals surface area (Å²) >= 11 is 0. The van der Waals surface area contributed by atoms with Gasteiger partial charge < -0.3 is 25.4 Å². The third-order valence-corrected chi connectivity index (χ3v) is 3.91. The number of hydrogen-bond donors (Lipinski definition) is 3. The molecular formula is C20H27IN4O3. The highest BCUT2D eigenvalue weighted by molar-refractivity contribution is 14.0. The summed E-state index contributed by atoms with van der Waals surface area (Å²) in [4.78, 5) is 16.3. The molecule has 0 heterocycles. The summed E-state index contributed by atoms with van der Waals surface area (Å²) in [6.45, 7) is 2.16. The van der Waals surface area contributed by atoms with Crippen LogP contribution in [-0.2, 0) is 11.2 Å². The first kappa shape index (κ1) is 23.5. The zero-order valence-electron chi connectivity index (χ0n) is 16.5. The van der Waals surface area contributed by atoms with Crippen LogP contribution in [0, 0.1) is 0 Å². The Morgan fingerprint density at radius 1 is 1.00 bits per heavy atom. The lowest BCUT2D eigenvalue weighted by Crippen LogP contribution is -2.37. The Morgan fingerprint density at radius 2 is 1.71 bits per heavy atom. The van der Waals surface area contributed by atoms with Crippen LogP contribution < -0.4 is 25.4 Å². The quantitative estimate of drug-likeness (QED) is 0.309. The molecule has 1 amide bonds. The van der Waals surface area contributed by atoms with Gasteiger partial charge in [-0.3, -0.25) is 9.79 Å². The number of aryl methyl sites for hydroxylation is 1. The van der Waals surface area contributed by atoms with Crippen molar-refractivity contribution in [2.45, 2.75) is 13.3 Å². The summed E-state index contributed by atoms with van der Waals surface area (Å²) in [6.07, 6.45) is 0.920. The van der Waals surface area contributed by atoms with E-state index in [9.17, 15) is 4.79 Å². The van der Waals surface area contributed by atoms with Crippen molar-refractivity contribution < 1.29 is 14.3 Å². The highest BCUT2D eigenvalue weighted by Crippen LogP contribution is 2.29.